The number of benzene rings is 1. The monoisotopic (exact) mass is 225 g/mol. The van der Waals surface area contributed by atoms with Crippen LogP contribution in [0.25, 0.3) is 22.2 Å². The van der Waals surface area contributed by atoms with Crippen LogP contribution in [0.2, 0.25) is 0 Å². The van der Waals surface area contributed by atoms with E-state index < -0.39 is 0 Å². The molecule has 83 valence electrons. The van der Waals surface area contributed by atoms with E-state index in [-0.39, 0.29) is 0 Å². The Bertz CT molecular complexity index is 647. The number of ether oxygens (including phenoxy) is 1. The third-order valence-electron chi connectivity index (χ3n) is 2.55. The Kier molecular flexibility index (Phi) is 2.26. The van der Waals surface area contributed by atoms with Gasteiger partial charge in [-0.05, 0) is 6.07 Å². The van der Waals surface area contributed by atoms with Crippen molar-refractivity contribution in [3.05, 3.63) is 43.1 Å². The summed E-state index contributed by atoms with van der Waals surface area (Å²) in [6, 6.07) is 5.73. The van der Waals surface area contributed by atoms with Crippen LogP contribution in [-0.2, 0) is 0 Å². The Morgan fingerprint density at radius 1 is 1.29 bits per heavy atom. The highest BCUT2D eigenvalue weighted by Crippen LogP contribution is 2.35. The molecule has 2 aromatic heterocycles. The lowest BCUT2D eigenvalue weighted by atomic mass is 10.1. The van der Waals surface area contributed by atoms with Crippen LogP contribution in [0.3, 0.4) is 0 Å². The number of aromatic nitrogens is 2. The second-order valence-corrected chi connectivity index (χ2v) is 3.51. The number of hydrogen-bond donors (Lipinski definition) is 0. The fourth-order valence-electron chi connectivity index (χ4n) is 1.80. The zero-order chi connectivity index (χ0) is 11.7. The van der Waals surface area contributed by atoms with Crippen LogP contribution < -0.4 is 4.74 Å². The molecule has 0 atom stereocenters. The van der Waals surface area contributed by atoms with Gasteiger partial charge in [-0.1, -0.05) is 12.1 Å². The summed E-state index contributed by atoms with van der Waals surface area (Å²) in [5.74, 6) is 0.584. The fraction of sp³-hybridized carbons (Fsp3) is 0.0769. The first kappa shape index (κ1) is 9.84. The van der Waals surface area contributed by atoms with E-state index in [2.05, 4.69) is 16.2 Å². The largest absolute Gasteiger partial charge is 0.492 e. The van der Waals surface area contributed by atoms with Crippen LogP contribution in [0.1, 0.15) is 0 Å². The molecule has 0 aliphatic carbocycles. The number of furan rings is 1. The van der Waals surface area contributed by atoms with Gasteiger partial charge in [0.25, 0.3) is 0 Å². The predicted molar refractivity (Wildman–Crippen MR) is 62.6 cm³/mol. The summed E-state index contributed by atoms with van der Waals surface area (Å²) < 4.78 is 10.5. The van der Waals surface area contributed by atoms with E-state index in [4.69, 9.17) is 9.15 Å². The van der Waals surface area contributed by atoms with Gasteiger partial charge in [0, 0.05) is 18.0 Å². The molecular weight excluding hydrogens is 216 g/mol. The van der Waals surface area contributed by atoms with Gasteiger partial charge in [0.05, 0.1) is 24.4 Å². The van der Waals surface area contributed by atoms with Gasteiger partial charge in [0.1, 0.15) is 5.58 Å². The lowest BCUT2D eigenvalue weighted by Crippen LogP contribution is -1.87. The predicted octanol–water partition coefficient (Wildman–Crippen LogP) is 2.70. The molecule has 3 aromatic rings. The second-order valence-electron chi connectivity index (χ2n) is 3.51. The number of hydrogen-bond acceptors (Lipinski definition) is 4. The molecule has 0 fully saturated rings. The van der Waals surface area contributed by atoms with Crippen LogP contribution in [-0.4, -0.2) is 17.1 Å². The van der Waals surface area contributed by atoms with Crippen LogP contribution in [0.15, 0.2) is 41.2 Å². The Morgan fingerprint density at radius 3 is 3.00 bits per heavy atom. The number of fused-ring (bicyclic) bond motifs is 1. The maximum Gasteiger partial charge on any atom is 0.216 e. The molecule has 0 aliphatic rings. The molecule has 17 heavy (non-hydrogen) atoms. The average Bonchev–Trinajstić information content (AvgIpc) is 2.82. The van der Waals surface area contributed by atoms with Gasteiger partial charge in [-0.3, -0.25) is 9.97 Å². The highest BCUT2D eigenvalue weighted by atomic mass is 16.5. The maximum atomic E-state index is 5.30. The number of rotatable bonds is 2. The minimum absolute atomic E-state index is 0.584. The molecule has 0 unspecified atom stereocenters. The summed E-state index contributed by atoms with van der Waals surface area (Å²) >= 11 is 0. The standard InChI is InChI=1S/C13H9N2O2/c1-16-12-8-17-11-4-2-3-9(13(11)12)10-7-14-5-6-15-10/h2-7H,1H3. The lowest BCUT2D eigenvalue weighted by molar-refractivity contribution is 0.408. The molecule has 0 N–H and O–H groups in total. The highest BCUT2D eigenvalue weighted by molar-refractivity contribution is 5.97. The Hall–Kier alpha value is -2.36. The third-order valence-corrected chi connectivity index (χ3v) is 2.55. The van der Waals surface area contributed by atoms with Crippen molar-refractivity contribution >= 4 is 11.0 Å². The minimum atomic E-state index is 0.584. The summed E-state index contributed by atoms with van der Waals surface area (Å²) in [6.45, 7) is 0. The van der Waals surface area contributed by atoms with Crippen molar-refractivity contribution in [2.24, 2.45) is 0 Å². The van der Waals surface area contributed by atoms with E-state index in [9.17, 15) is 0 Å². The van der Waals surface area contributed by atoms with Crippen molar-refractivity contribution in [1.82, 2.24) is 9.97 Å². The molecule has 4 nitrogen and oxygen atoms in total. The van der Waals surface area contributed by atoms with Crippen molar-refractivity contribution < 1.29 is 9.15 Å². The Morgan fingerprint density at radius 2 is 2.24 bits per heavy atom. The van der Waals surface area contributed by atoms with Crippen LogP contribution in [0.4, 0.5) is 0 Å². The molecular formula is C13H9N2O2. The molecule has 2 heterocycles. The summed E-state index contributed by atoms with van der Waals surface area (Å²) in [5.41, 5.74) is 2.44. The summed E-state index contributed by atoms with van der Waals surface area (Å²) in [7, 11) is 1.59. The van der Waals surface area contributed by atoms with Crippen LogP contribution in [0.5, 0.6) is 5.75 Å². The zero-order valence-electron chi connectivity index (χ0n) is 9.18. The van der Waals surface area contributed by atoms with Gasteiger partial charge >= 0.3 is 0 Å². The Labute approximate surface area is 97.9 Å². The van der Waals surface area contributed by atoms with Crippen molar-refractivity contribution in [2.45, 2.75) is 0 Å². The molecule has 0 amide bonds. The van der Waals surface area contributed by atoms with Gasteiger partial charge in [0.15, 0.2) is 5.75 Å². The first-order valence-electron chi connectivity index (χ1n) is 5.13. The molecule has 0 aliphatic heterocycles. The summed E-state index contributed by atoms with van der Waals surface area (Å²) in [6.07, 6.45) is 7.74. The second kappa shape index (κ2) is 3.90. The van der Waals surface area contributed by atoms with E-state index in [0.29, 0.717) is 5.75 Å². The van der Waals surface area contributed by atoms with Crippen molar-refractivity contribution in [3.63, 3.8) is 0 Å². The molecule has 3 rings (SSSR count). The van der Waals surface area contributed by atoms with E-state index in [1.807, 2.05) is 18.2 Å². The van der Waals surface area contributed by atoms with Crippen molar-refractivity contribution in [3.8, 4) is 17.0 Å². The smallest absolute Gasteiger partial charge is 0.216 e. The molecule has 0 saturated heterocycles. The van der Waals surface area contributed by atoms with E-state index in [0.717, 1.165) is 22.2 Å². The topological polar surface area (TPSA) is 48.2 Å². The SMILES string of the molecule is COc1[c]oc2cccc(-c3cnccn3)c12. The van der Waals surface area contributed by atoms with E-state index in [1.54, 1.807) is 25.7 Å². The van der Waals surface area contributed by atoms with Crippen LogP contribution in [0, 0.1) is 6.26 Å². The molecule has 0 spiro atoms. The lowest BCUT2D eigenvalue weighted by Gasteiger charge is -2.02. The van der Waals surface area contributed by atoms with Crippen LogP contribution >= 0.6 is 0 Å². The Balaban J connectivity index is 2.33. The quantitative estimate of drug-likeness (QED) is 0.672. The first-order chi connectivity index (χ1) is 8.40. The third kappa shape index (κ3) is 1.54. The van der Waals surface area contributed by atoms with Crippen molar-refractivity contribution in [2.75, 3.05) is 7.11 Å². The molecule has 1 aromatic carbocycles. The molecule has 1 radical (unpaired) electrons. The highest BCUT2D eigenvalue weighted by Gasteiger charge is 2.13. The molecule has 0 bridgehead atoms. The average molecular weight is 225 g/mol. The normalized spacial score (nSPS) is 10.6. The summed E-state index contributed by atoms with van der Waals surface area (Å²) in [4.78, 5) is 8.34. The van der Waals surface area contributed by atoms with Crippen molar-refractivity contribution in [1.29, 1.82) is 0 Å². The zero-order valence-corrected chi connectivity index (χ0v) is 9.18. The van der Waals surface area contributed by atoms with Gasteiger partial charge in [-0.15, -0.1) is 0 Å². The minimum Gasteiger partial charge on any atom is -0.492 e. The van der Waals surface area contributed by atoms with Gasteiger partial charge in [-0.25, -0.2) is 0 Å². The van der Waals surface area contributed by atoms with E-state index >= 15 is 0 Å². The summed E-state index contributed by atoms with van der Waals surface area (Å²) in [5, 5.41) is 0.871. The fourth-order valence-corrected chi connectivity index (χ4v) is 1.80. The number of methoxy groups -OCH3 is 1. The number of nitrogens with zero attached hydrogens (tertiary/aromatic N) is 2. The van der Waals surface area contributed by atoms with E-state index in [1.165, 1.54) is 0 Å². The molecule has 4 heteroatoms. The van der Waals surface area contributed by atoms with Gasteiger partial charge < -0.3 is 9.15 Å². The van der Waals surface area contributed by atoms with Gasteiger partial charge in [0.2, 0.25) is 6.26 Å². The first-order valence-corrected chi connectivity index (χ1v) is 5.13. The maximum absolute atomic E-state index is 5.30. The molecule has 0 saturated carbocycles. The van der Waals surface area contributed by atoms with Gasteiger partial charge in [-0.2, -0.15) is 0 Å².